The molecule has 1 aliphatic rings. The molecule has 0 saturated carbocycles. The molecule has 3 rings (SSSR count). The first kappa shape index (κ1) is 21.5. The maximum Gasteiger partial charge on any atom is 0.240 e. The van der Waals surface area contributed by atoms with Gasteiger partial charge in [-0.05, 0) is 31.5 Å². The average molecular weight is 419 g/mol. The van der Waals surface area contributed by atoms with Gasteiger partial charge in [0.05, 0.1) is 11.9 Å². The van der Waals surface area contributed by atoms with Crippen LogP contribution >= 0.6 is 0 Å². The van der Waals surface area contributed by atoms with E-state index in [2.05, 4.69) is 22.2 Å². The first-order chi connectivity index (χ1) is 13.8. The summed E-state index contributed by atoms with van der Waals surface area (Å²) in [4.78, 5) is 17.2. The van der Waals surface area contributed by atoms with Crippen molar-refractivity contribution in [2.24, 2.45) is 0 Å². The Balaban J connectivity index is 1.58. The lowest BCUT2D eigenvalue weighted by Crippen LogP contribution is -2.45. The molecule has 1 amide bonds. The van der Waals surface area contributed by atoms with Crippen molar-refractivity contribution < 1.29 is 13.2 Å². The van der Waals surface area contributed by atoms with E-state index in [0.29, 0.717) is 12.2 Å². The summed E-state index contributed by atoms with van der Waals surface area (Å²) in [5, 5.41) is 4.61. The van der Waals surface area contributed by atoms with Crippen LogP contribution in [-0.2, 0) is 14.8 Å². The Hall–Kier alpha value is -2.16. The highest BCUT2D eigenvalue weighted by molar-refractivity contribution is 7.92. The molecule has 0 spiro atoms. The van der Waals surface area contributed by atoms with Gasteiger partial charge in [0.2, 0.25) is 15.9 Å². The molecule has 0 aliphatic carbocycles. The molecule has 1 heterocycles. The molecule has 0 aromatic heterocycles. The Kier molecular flexibility index (Phi) is 7.10. The number of nitrogens with zero attached hydrogens (tertiary/aromatic N) is 3. The molecule has 29 heavy (non-hydrogen) atoms. The number of sulfonamides is 1. The van der Waals surface area contributed by atoms with E-state index in [1.54, 1.807) is 6.07 Å². The van der Waals surface area contributed by atoms with Gasteiger partial charge in [-0.3, -0.25) is 9.10 Å². The van der Waals surface area contributed by atoms with Gasteiger partial charge in [0.25, 0.3) is 0 Å². The molecular weight excluding hydrogens is 388 g/mol. The van der Waals surface area contributed by atoms with Crippen LogP contribution in [0.3, 0.4) is 0 Å². The fourth-order valence-corrected chi connectivity index (χ4v) is 4.46. The molecule has 158 valence electrons. The summed E-state index contributed by atoms with van der Waals surface area (Å²) in [6.07, 6.45) is 1.98. The number of rotatable bonds is 8. The molecule has 1 fully saturated rings. The maximum absolute atomic E-state index is 12.5. The lowest BCUT2D eigenvalue weighted by atomic mass is 10.1. The van der Waals surface area contributed by atoms with Gasteiger partial charge in [-0.1, -0.05) is 36.4 Å². The van der Waals surface area contributed by atoms with Gasteiger partial charge in [-0.2, -0.15) is 0 Å². The standard InChI is InChI=1S/C21H30N4O3S/c1-23-13-15-24(16-14-23)12-6-11-22-21(26)17-25(29(2,27)28)20-10-5-8-18-7-3-4-9-19(18)20/h3-5,7-10H,6,11-17H2,1-2H3,(H,22,26). The predicted octanol–water partition coefficient (Wildman–Crippen LogP) is 1.36. The van der Waals surface area contributed by atoms with E-state index in [1.807, 2.05) is 36.4 Å². The minimum atomic E-state index is -3.60. The van der Waals surface area contributed by atoms with E-state index in [9.17, 15) is 13.2 Å². The van der Waals surface area contributed by atoms with Crippen molar-refractivity contribution in [1.82, 2.24) is 15.1 Å². The number of piperazine rings is 1. The van der Waals surface area contributed by atoms with Crippen LogP contribution in [0.2, 0.25) is 0 Å². The molecule has 0 unspecified atom stereocenters. The second kappa shape index (κ2) is 9.56. The van der Waals surface area contributed by atoms with E-state index < -0.39 is 10.0 Å². The maximum atomic E-state index is 12.5. The molecule has 0 atom stereocenters. The lowest BCUT2D eigenvalue weighted by molar-refractivity contribution is -0.119. The van der Waals surface area contributed by atoms with Gasteiger partial charge in [0, 0.05) is 38.1 Å². The van der Waals surface area contributed by atoms with Crippen LogP contribution in [0.4, 0.5) is 5.69 Å². The number of anilines is 1. The van der Waals surface area contributed by atoms with Gasteiger partial charge in [0.15, 0.2) is 0 Å². The van der Waals surface area contributed by atoms with Gasteiger partial charge in [-0.15, -0.1) is 0 Å². The van der Waals surface area contributed by atoms with Crippen molar-refractivity contribution in [1.29, 1.82) is 0 Å². The fourth-order valence-electron chi connectivity index (χ4n) is 3.60. The summed E-state index contributed by atoms with van der Waals surface area (Å²) in [6, 6.07) is 13.1. The molecule has 1 N–H and O–H groups in total. The molecule has 0 bridgehead atoms. The van der Waals surface area contributed by atoms with Crippen LogP contribution in [-0.4, -0.2) is 83.2 Å². The Morgan fingerprint density at radius 3 is 2.48 bits per heavy atom. The smallest absolute Gasteiger partial charge is 0.240 e. The predicted molar refractivity (Wildman–Crippen MR) is 118 cm³/mol. The van der Waals surface area contributed by atoms with Crippen LogP contribution in [0.15, 0.2) is 42.5 Å². The van der Waals surface area contributed by atoms with Crippen LogP contribution < -0.4 is 9.62 Å². The third-order valence-corrected chi connectivity index (χ3v) is 6.42. The van der Waals surface area contributed by atoms with Crippen LogP contribution in [0.5, 0.6) is 0 Å². The number of carbonyl (C=O) groups is 1. The second-order valence-electron chi connectivity index (χ2n) is 7.62. The van der Waals surface area contributed by atoms with E-state index >= 15 is 0 Å². The molecule has 1 aliphatic heterocycles. The minimum Gasteiger partial charge on any atom is -0.354 e. The summed E-state index contributed by atoms with van der Waals surface area (Å²) >= 11 is 0. The van der Waals surface area contributed by atoms with Gasteiger partial charge >= 0.3 is 0 Å². The number of likely N-dealkylation sites (N-methyl/N-ethyl adjacent to an activating group) is 1. The third kappa shape index (κ3) is 5.91. The van der Waals surface area contributed by atoms with Gasteiger partial charge < -0.3 is 15.1 Å². The Labute approximate surface area is 173 Å². The zero-order valence-corrected chi connectivity index (χ0v) is 18.0. The second-order valence-corrected chi connectivity index (χ2v) is 9.52. The summed E-state index contributed by atoms with van der Waals surface area (Å²) in [6.45, 7) is 5.50. The first-order valence-corrected chi connectivity index (χ1v) is 11.8. The van der Waals surface area contributed by atoms with Crippen LogP contribution in [0.25, 0.3) is 10.8 Å². The van der Waals surface area contributed by atoms with E-state index in [1.165, 1.54) is 4.31 Å². The molecule has 8 heteroatoms. The number of carbonyl (C=O) groups excluding carboxylic acids is 1. The third-order valence-electron chi connectivity index (χ3n) is 5.29. The summed E-state index contributed by atoms with van der Waals surface area (Å²) in [7, 11) is -1.47. The number of nitrogens with one attached hydrogen (secondary N) is 1. The van der Waals surface area contributed by atoms with Crippen molar-refractivity contribution in [3.63, 3.8) is 0 Å². The topological polar surface area (TPSA) is 73.0 Å². The SMILES string of the molecule is CN1CCN(CCCNC(=O)CN(c2cccc3ccccc23)S(C)(=O)=O)CC1. The van der Waals surface area contributed by atoms with Crippen molar-refractivity contribution in [3.8, 4) is 0 Å². The van der Waals surface area contributed by atoms with E-state index in [4.69, 9.17) is 0 Å². The molecule has 2 aromatic carbocycles. The molecule has 1 saturated heterocycles. The zero-order valence-electron chi connectivity index (χ0n) is 17.2. The number of amides is 1. The minimum absolute atomic E-state index is 0.221. The van der Waals surface area contributed by atoms with E-state index in [-0.39, 0.29) is 12.5 Å². The summed E-state index contributed by atoms with van der Waals surface area (Å²) < 4.78 is 26.0. The number of fused-ring (bicyclic) bond motifs is 1. The monoisotopic (exact) mass is 418 g/mol. The van der Waals surface area contributed by atoms with Crippen molar-refractivity contribution in [3.05, 3.63) is 42.5 Å². The van der Waals surface area contributed by atoms with E-state index in [0.717, 1.165) is 56.2 Å². The van der Waals surface area contributed by atoms with Crippen molar-refractivity contribution in [2.45, 2.75) is 6.42 Å². The van der Waals surface area contributed by atoms with Crippen LogP contribution in [0, 0.1) is 0 Å². The normalized spacial score (nSPS) is 16.1. The van der Waals surface area contributed by atoms with Crippen LogP contribution in [0.1, 0.15) is 6.42 Å². The largest absolute Gasteiger partial charge is 0.354 e. The molecule has 7 nitrogen and oxygen atoms in total. The molecule has 0 radical (unpaired) electrons. The highest BCUT2D eigenvalue weighted by atomic mass is 32.2. The quantitative estimate of drug-likeness (QED) is 0.656. The highest BCUT2D eigenvalue weighted by Crippen LogP contribution is 2.28. The Morgan fingerprint density at radius 2 is 1.76 bits per heavy atom. The number of benzene rings is 2. The average Bonchev–Trinajstić information content (AvgIpc) is 2.69. The highest BCUT2D eigenvalue weighted by Gasteiger charge is 2.22. The van der Waals surface area contributed by atoms with Crippen molar-refractivity contribution in [2.75, 3.05) is 63.4 Å². The Bertz CT molecular complexity index is 935. The van der Waals surface area contributed by atoms with Gasteiger partial charge in [-0.25, -0.2) is 8.42 Å². The number of hydrogen-bond acceptors (Lipinski definition) is 5. The fraction of sp³-hybridized carbons (Fsp3) is 0.476. The first-order valence-electron chi connectivity index (χ1n) is 9.97. The molecule has 2 aromatic rings. The zero-order chi connectivity index (χ0) is 20.9. The Morgan fingerprint density at radius 1 is 1.07 bits per heavy atom. The molecular formula is C21H30N4O3S. The summed E-state index contributed by atoms with van der Waals surface area (Å²) in [5.41, 5.74) is 0.526. The summed E-state index contributed by atoms with van der Waals surface area (Å²) in [5.74, 6) is -0.290. The van der Waals surface area contributed by atoms with Gasteiger partial charge in [0.1, 0.15) is 6.54 Å². The number of hydrogen-bond donors (Lipinski definition) is 1. The lowest BCUT2D eigenvalue weighted by Gasteiger charge is -2.32. The van der Waals surface area contributed by atoms with Crippen molar-refractivity contribution >= 4 is 32.4 Å².